The van der Waals surface area contributed by atoms with Gasteiger partial charge in [0.25, 0.3) is 0 Å². The van der Waals surface area contributed by atoms with Crippen molar-refractivity contribution in [3.05, 3.63) is 0 Å². The molecule has 2 unspecified atom stereocenters. The quantitative estimate of drug-likeness (QED) is 0.748. The van der Waals surface area contributed by atoms with Gasteiger partial charge in [-0.15, -0.1) is 0 Å². The molecule has 1 amide bonds. The van der Waals surface area contributed by atoms with E-state index in [1.807, 2.05) is 11.8 Å². The fraction of sp³-hybridized carbons (Fsp3) is 0.818. The van der Waals surface area contributed by atoms with Gasteiger partial charge in [0.15, 0.2) is 0 Å². The van der Waals surface area contributed by atoms with Crippen molar-refractivity contribution >= 4 is 23.1 Å². The number of hydrogen-bond donors (Lipinski definition) is 1. The van der Waals surface area contributed by atoms with Crippen LogP contribution < -0.4 is 5.73 Å². The molecule has 0 bridgehead atoms. The minimum Gasteiger partial charge on any atom is -0.393 e. The number of nitrogens with two attached hydrogens (primary N) is 1. The van der Waals surface area contributed by atoms with Crippen LogP contribution in [0, 0.1) is 5.92 Å². The molecule has 2 atom stereocenters. The van der Waals surface area contributed by atoms with Crippen LogP contribution in [0.3, 0.4) is 0 Å². The summed E-state index contributed by atoms with van der Waals surface area (Å²) in [5.41, 5.74) is 5.58. The van der Waals surface area contributed by atoms with E-state index in [4.69, 9.17) is 18.0 Å². The smallest absolute Gasteiger partial charge is 0.232 e. The lowest BCUT2D eigenvalue weighted by atomic mass is 9.99. The first-order valence-corrected chi connectivity index (χ1v) is 6.08. The number of likely N-dealkylation sites (tertiary alicyclic amines) is 1. The monoisotopic (exact) mass is 228 g/mol. The summed E-state index contributed by atoms with van der Waals surface area (Å²) < 4.78 is 0. The predicted octanol–water partition coefficient (Wildman–Crippen LogP) is 1.70. The van der Waals surface area contributed by atoms with Crippen molar-refractivity contribution < 1.29 is 4.79 Å². The molecule has 1 heterocycles. The van der Waals surface area contributed by atoms with Gasteiger partial charge in [-0.1, -0.05) is 19.1 Å². The lowest BCUT2D eigenvalue weighted by Gasteiger charge is -2.35. The lowest BCUT2D eigenvalue weighted by Crippen LogP contribution is -2.47. The number of carbonyl (C=O) groups excluding carboxylic acids is 1. The van der Waals surface area contributed by atoms with Crippen molar-refractivity contribution in [1.29, 1.82) is 0 Å². The van der Waals surface area contributed by atoms with Crippen molar-refractivity contribution in [2.75, 3.05) is 6.54 Å². The molecular formula is C11H20N2OS. The molecule has 1 aliphatic rings. The fourth-order valence-corrected chi connectivity index (χ4v) is 2.39. The average molecular weight is 228 g/mol. The van der Waals surface area contributed by atoms with E-state index >= 15 is 0 Å². The van der Waals surface area contributed by atoms with E-state index in [2.05, 4.69) is 6.92 Å². The Bertz CT molecular complexity index is 255. The van der Waals surface area contributed by atoms with Crippen LogP contribution in [0.15, 0.2) is 0 Å². The van der Waals surface area contributed by atoms with Crippen LogP contribution >= 0.6 is 12.2 Å². The van der Waals surface area contributed by atoms with Gasteiger partial charge in [0, 0.05) is 12.6 Å². The van der Waals surface area contributed by atoms with Crippen LogP contribution in [0.2, 0.25) is 0 Å². The average Bonchev–Trinajstić information content (AvgIpc) is 2.18. The lowest BCUT2D eigenvalue weighted by molar-refractivity contribution is -0.136. The Morgan fingerprint density at radius 1 is 1.60 bits per heavy atom. The second-order valence-electron chi connectivity index (χ2n) is 4.24. The number of rotatable bonds is 3. The Morgan fingerprint density at radius 2 is 2.27 bits per heavy atom. The molecule has 0 aromatic carbocycles. The van der Waals surface area contributed by atoms with Crippen molar-refractivity contribution in [1.82, 2.24) is 4.90 Å². The maximum atomic E-state index is 12.1. The molecule has 15 heavy (non-hydrogen) atoms. The van der Waals surface area contributed by atoms with E-state index in [1.165, 1.54) is 6.42 Å². The van der Waals surface area contributed by atoms with Crippen LogP contribution in [0.5, 0.6) is 0 Å². The Kier molecular flexibility index (Phi) is 4.51. The highest BCUT2D eigenvalue weighted by Gasteiger charge is 2.29. The SMILES string of the molecule is CCC(C(=O)N1CCCCC1C)C(N)=S. The van der Waals surface area contributed by atoms with Gasteiger partial charge in [0.2, 0.25) is 5.91 Å². The van der Waals surface area contributed by atoms with Gasteiger partial charge in [-0.05, 0) is 32.6 Å². The molecule has 1 rings (SSSR count). The zero-order valence-electron chi connectivity index (χ0n) is 9.53. The first-order valence-electron chi connectivity index (χ1n) is 5.67. The zero-order valence-corrected chi connectivity index (χ0v) is 10.3. The van der Waals surface area contributed by atoms with E-state index in [-0.39, 0.29) is 11.8 Å². The van der Waals surface area contributed by atoms with Crippen molar-refractivity contribution in [3.63, 3.8) is 0 Å². The summed E-state index contributed by atoms with van der Waals surface area (Å²) in [6.45, 7) is 4.92. The second-order valence-corrected chi connectivity index (χ2v) is 4.71. The summed E-state index contributed by atoms with van der Waals surface area (Å²) >= 11 is 4.93. The Morgan fingerprint density at radius 3 is 2.73 bits per heavy atom. The van der Waals surface area contributed by atoms with Crippen LogP contribution in [0.1, 0.15) is 39.5 Å². The van der Waals surface area contributed by atoms with Gasteiger partial charge >= 0.3 is 0 Å². The van der Waals surface area contributed by atoms with E-state index in [9.17, 15) is 4.79 Å². The van der Waals surface area contributed by atoms with Gasteiger partial charge in [-0.25, -0.2) is 0 Å². The third-order valence-corrected chi connectivity index (χ3v) is 3.42. The highest BCUT2D eigenvalue weighted by atomic mass is 32.1. The van der Waals surface area contributed by atoms with Gasteiger partial charge in [-0.2, -0.15) is 0 Å². The molecule has 1 fully saturated rings. The van der Waals surface area contributed by atoms with E-state index in [1.54, 1.807) is 0 Å². The van der Waals surface area contributed by atoms with E-state index in [0.717, 1.165) is 19.4 Å². The molecule has 0 aromatic rings. The minimum atomic E-state index is -0.263. The first-order chi connectivity index (χ1) is 7.07. The summed E-state index contributed by atoms with van der Waals surface area (Å²) in [6, 6.07) is 0.342. The summed E-state index contributed by atoms with van der Waals surface area (Å²) in [4.78, 5) is 14.4. The third kappa shape index (κ3) is 2.91. The summed E-state index contributed by atoms with van der Waals surface area (Å²) in [5, 5.41) is 0. The molecular weight excluding hydrogens is 208 g/mol. The topological polar surface area (TPSA) is 46.3 Å². The van der Waals surface area contributed by atoms with E-state index in [0.29, 0.717) is 17.5 Å². The summed E-state index contributed by atoms with van der Waals surface area (Å²) in [6.07, 6.45) is 4.12. The molecule has 4 heteroatoms. The Hall–Kier alpha value is -0.640. The van der Waals surface area contributed by atoms with Crippen molar-refractivity contribution in [2.45, 2.75) is 45.6 Å². The van der Waals surface area contributed by atoms with Crippen molar-refractivity contribution in [3.8, 4) is 0 Å². The second kappa shape index (κ2) is 5.45. The standard InChI is InChI=1S/C11H20N2OS/c1-3-9(10(12)15)11(14)13-7-5-4-6-8(13)2/h8-9H,3-7H2,1-2H3,(H2,12,15). The van der Waals surface area contributed by atoms with Gasteiger partial charge in [0.05, 0.1) is 10.9 Å². The Balaban J connectivity index is 2.68. The molecule has 0 spiro atoms. The number of nitrogens with zero attached hydrogens (tertiary/aromatic N) is 1. The molecule has 0 radical (unpaired) electrons. The van der Waals surface area contributed by atoms with Crippen molar-refractivity contribution in [2.24, 2.45) is 11.7 Å². The van der Waals surface area contributed by atoms with Crippen LogP contribution in [-0.4, -0.2) is 28.4 Å². The molecule has 0 saturated carbocycles. The first kappa shape index (κ1) is 12.4. The van der Waals surface area contributed by atoms with Crippen LogP contribution in [0.25, 0.3) is 0 Å². The highest BCUT2D eigenvalue weighted by molar-refractivity contribution is 7.80. The zero-order chi connectivity index (χ0) is 11.4. The third-order valence-electron chi connectivity index (χ3n) is 3.14. The minimum absolute atomic E-state index is 0.122. The number of carbonyl (C=O) groups is 1. The fourth-order valence-electron chi connectivity index (χ4n) is 2.12. The summed E-state index contributed by atoms with van der Waals surface area (Å²) in [7, 11) is 0. The van der Waals surface area contributed by atoms with Crippen LogP contribution in [0.4, 0.5) is 0 Å². The number of amides is 1. The predicted molar refractivity (Wildman–Crippen MR) is 65.6 cm³/mol. The highest BCUT2D eigenvalue weighted by Crippen LogP contribution is 2.20. The largest absolute Gasteiger partial charge is 0.393 e. The molecule has 3 nitrogen and oxygen atoms in total. The molecule has 0 aliphatic carbocycles. The van der Waals surface area contributed by atoms with Gasteiger partial charge < -0.3 is 10.6 Å². The Labute approximate surface area is 97.0 Å². The molecule has 0 aromatic heterocycles. The molecule has 1 saturated heterocycles. The van der Waals surface area contributed by atoms with Crippen LogP contribution in [-0.2, 0) is 4.79 Å². The molecule has 2 N–H and O–H groups in total. The summed E-state index contributed by atoms with van der Waals surface area (Å²) in [5.74, 6) is -0.141. The van der Waals surface area contributed by atoms with Gasteiger partial charge in [-0.3, -0.25) is 4.79 Å². The number of piperidine rings is 1. The maximum absolute atomic E-state index is 12.1. The number of thiocarbonyl (C=S) groups is 1. The van der Waals surface area contributed by atoms with E-state index < -0.39 is 0 Å². The molecule has 1 aliphatic heterocycles. The maximum Gasteiger partial charge on any atom is 0.232 e. The molecule has 86 valence electrons. The van der Waals surface area contributed by atoms with Gasteiger partial charge in [0.1, 0.15) is 0 Å². The number of hydrogen-bond acceptors (Lipinski definition) is 2. The normalized spacial score (nSPS) is 23.6.